The van der Waals surface area contributed by atoms with Gasteiger partial charge in [-0.15, -0.1) is 11.8 Å². The smallest absolute Gasteiger partial charge is 0.417 e. The van der Waals surface area contributed by atoms with Crippen molar-refractivity contribution in [1.82, 2.24) is 10.3 Å². The van der Waals surface area contributed by atoms with Gasteiger partial charge in [0.1, 0.15) is 5.60 Å². The Morgan fingerprint density at radius 1 is 1.25 bits per heavy atom. The molecule has 0 aromatic heterocycles. The number of thioether (sulfide) groups is 1. The number of hydrogen-bond donors (Lipinski definition) is 1. The Morgan fingerprint density at radius 2 is 1.90 bits per heavy atom. The molecular formula is C26H30ClF3N4O4S2. The molecule has 2 aromatic rings. The maximum absolute atomic E-state index is 14.1. The van der Waals surface area contributed by atoms with E-state index < -0.39 is 38.5 Å². The lowest BCUT2D eigenvalue weighted by Crippen LogP contribution is -2.47. The van der Waals surface area contributed by atoms with Crippen LogP contribution in [0.1, 0.15) is 39.2 Å². The average molecular weight is 619 g/mol. The van der Waals surface area contributed by atoms with Gasteiger partial charge in [-0.2, -0.15) is 18.4 Å². The molecule has 14 heteroatoms. The van der Waals surface area contributed by atoms with Crippen LogP contribution < -0.4 is 10.4 Å². The van der Waals surface area contributed by atoms with Crippen molar-refractivity contribution in [2.75, 3.05) is 30.2 Å². The molecule has 0 saturated carbocycles. The number of likely N-dealkylation sites (tertiary alicyclic amines) is 1. The van der Waals surface area contributed by atoms with E-state index in [1.165, 1.54) is 52.0 Å². The van der Waals surface area contributed by atoms with E-state index in [1.807, 2.05) is 0 Å². The summed E-state index contributed by atoms with van der Waals surface area (Å²) in [5.74, 6) is 0.180. The van der Waals surface area contributed by atoms with Crippen LogP contribution in [0.25, 0.3) is 11.1 Å². The Bertz CT molecular complexity index is 1370. The summed E-state index contributed by atoms with van der Waals surface area (Å²) >= 11 is 7.64. The number of rotatable bonds is 7. The summed E-state index contributed by atoms with van der Waals surface area (Å²) in [7, 11) is -3.90. The fourth-order valence-corrected chi connectivity index (χ4v) is 6.86. The fraction of sp³-hybridized carbons (Fsp3) is 0.462. The zero-order chi connectivity index (χ0) is 29.9. The molecule has 1 unspecified atom stereocenters. The maximum atomic E-state index is 14.1. The zero-order valence-electron chi connectivity index (χ0n) is 22.4. The van der Waals surface area contributed by atoms with E-state index >= 15 is 0 Å². The summed E-state index contributed by atoms with van der Waals surface area (Å²) in [4.78, 5) is 13.8. The van der Waals surface area contributed by atoms with Crippen molar-refractivity contribution in [1.29, 1.82) is 5.26 Å². The number of carbonyl (C=O) groups is 1. The van der Waals surface area contributed by atoms with Crippen LogP contribution in [0.2, 0.25) is 5.02 Å². The van der Waals surface area contributed by atoms with Crippen LogP contribution in [0.3, 0.4) is 0 Å². The molecule has 218 valence electrons. The Morgan fingerprint density at radius 3 is 2.45 bits per heavy atom. The number of amides is 1. The average Bonchev–Trinajstić information content (AvgIpc) is 2.87. The summed E-state index contributed by atoms with van der Waals surface area (Å²) in [5, 5.41) is 9.12. The van der Waals surface area contributed by atoms with Gasteiger partial charge in [0.15, 0.2) is 16.0 Å². The molecule has 3 rings (SSSR count). The van der Waals surface area contributed by atoms with E-state index in [9.17, 15) is 26.4 Å². The first-order valence-corrected chi connectivity index (χ1v) is 15.5. The van der Waals surface area contributed by atoms with E-state index in [-0.39, 0.29) is 39.2 Å². The van der Waals surface area contributed by atoms with Crippen LogP contribution in [-0.2, 0) is 20.8 Å². The Kier molecular flexibility index (Phi) is 9.80. The lowest BCUT2D eigenvalue weighted by atomic mass is 9.98. The van der Waals surface area contributed by atoms with E-state index in [0.29, 0.717) is 19.4 Å². The highest BCUT2D eigenvalue weighted by Gasteiger charge is 2.37. The van der Waals surface area contributed by atoms with Gasteiger partial charge in [0.2, 0.25) is 0 Å². The Labute approximate surface area is 241 Å². The molecule has 1 saturated heterocycles. The number of ether oxygens (including phenoxy) is 1. The maximum Gasteiger partial charge on any atom is 0.417 e. The van der Waals surface area contributed by atoms with Gasteiger partial charge in [-0.25, -0.2) is 18.6 Å². The second-order valence-corrected chi connectivity index (χ2v) is 13.6. The van der Waals surface area contributed by atoms with Gasteiger partial charge in [0.25, 0.3) is 0 Å². The van der Waals surface area contributed by atoms with E-state index in [2.05, 4.69) is 5.43 Å². The molecule has 1 N–H and O–H groups in total. The van der Waals surface area contributed by atoms with Gasteiger partial charge in [-0.1, -0.05) is 23.7 Å². The standard InChI is InChI=1S/C26H30ClF3N4O4S2/c1-25(2,3)38-24(35)33-11-5-6-20(14-33)40(36,37)19-9-7-17(8-10-19)23-21(26(28,29)30)12-18(13-22(23)27)34(16-39-4)32-15-31/h7-10,12-13,20,32H,5-6,11,14,16H2,1-4H3. The summed E-state index contributed by atoms with van der Waals surface area (Å²) < 4.78 is 74.6. The van der Waals surface area contributed by atoms with Gasteiger partial charge >= 0.3 is 12.3 Å². The van der Waals surface area contributed by atoms with Crippen LogP contribution in [0, 0.1) is 11.5 Å². The number of alkyl halides is 3. The molecule has 0 bridgehead atoms. The second kappa shape index (κ2) is 12.4. The van der Waals surface area contributed by atoms with Crippen molar-refractivity contribution in [2.24, 2.45) is 0 Å². The molecule has 1 atom stereocenters. The van der Waals surface area contributed by atoms with Crippen molar-refractivity contribution >= 4 is 45.0 Å². The van der Waals surface area contributed by atoms with Crippen LogP contribution in [-0.4, -0.2) is 55.5 Å². The van der Waals surface area contributed by atoms with Gasteiger partial charge in [0.05, 0.1) is 32.3 Å². The highest BCUT2D eigenvalue weighted by Crippen LogP contribution is 2.43. The Hall–Kier alpha value is -2.82. The summed E-state index contributed by atoms with van der Waals surface area (Å²) in [6, 6.07) is 7.26. The third-order valence-corrected chi connectivity index (χ3v) is 9.08. The van der Waals surface area contributed by atoms with Crippen molar-refractivity contribution in [3.8, 4) is 17.3 Å². The van der Waals surface area contributed by atoms with E-state index in [4.69, 9.17) is 21.6 Å². The van der Waals surface area contributed by atoms with Gasteiger partial charge in [-0.3, -0.25) is 5.01 Å². The number of nitrogens with one attached hydrogen (secondary N) is 1. The summed E-state index contributed by atoms with van der Waals surface area (Å²) in [6.07, 6.45) is -1.17. The molecule has 0 radical (unpaired) electrons. The van der Waals surface area contributed by atoms with Crippen LogP contribution in [0.15, 0.2) is 41.3 Å². The number of hydrogen-bond acceptors (Lipinski definition) is 8. The predicted molar refractivity (Wildman–Crippen MR) is 150 cm³/mol. The fourth-order valence-electron chi connectivity index (χ4n) is 4.31. The number of carbonyl (C=O) groups excluding carboxylic acids is 1. The van der Waals surface area contributed by atoms with Gasteiger partial charge in [-0.05, 0) is 69.7 Å². The molecular weight excluding hydrogens is 589 g/mol. The quantitative estimate of drug-likeness (QED) is 0.167. The lowest BCUT2D eigenvalue weighted by Gasteiger charge is -2.33. The molecule has 8 nitrogen and oxygen atoms in total. The van der Waals surface area contributed by atoms with Crippen molar-refractivity contribution in [3.63, 3.8) is 0 Å². The normalized spacial score (nSPS) is 16.3. The molecule has 40 heavy (non-hydrogen) atoms. The van der Waals surface area contributed by atoms with Gasteiger partial charge in [0, 0.05) is 18.7 Å². The van der Waals surface area contributed by atoms with Crippen molar-refractivity contribution < 1.29 is 31.1 Å². The molecule has 0 spiro atoms. The monoisotopic (exact) mass is 618 g/mol. The molecule has 2 aromatic carbocycles. The third kappa shape index (κ3) is 7.47. The zero-order valence-corrected chi connectivity index (χ0v) is 24.8. The van der Waals surface area contributed by atoms with Crippen LogP contribution in [0.5, 0.6) is 0 Å². The first-order valence-electron chi connectivity index (χ1n) is 12.2. The number of anilines is 1. The SMILES string of the molecule is CSCN(NC#N)c1cc(Cl)c(-c2ccc(S(=O)(=O)C3CCCN(C(=O)OC(C)(C)C)C3)cc2)c(C(F)(F)F)c1. The van der Waals surface area contributed by atoms with Crippen molar-refractivity contribution in [2.45, 2.75) is 55.5 Å². The van der Waals surface area contributed by atoms with Crippen molar-refractivity contribution in [3.05, 3.63) is 47.0 Å². The van der Waals surface area contributed by atoms with E-state index in [1.54, 1.807) is 33.2 Å². The number of halogens is 4. The predicted octanol–water partition coefficient (Wildman–Crippen LogP) is 6.31. The minimum atomic E-state index is -4.79. The molecule has 1 aliphatic rings. The molecule has 1 amide bonds. The Balaban J connectivity index is 1.94. The molecule has 1 aliphatic heterocycles. The van der Waals surface area contributed by atoms with Gasteiger partial charge < -0.3 is 9.64 Å². The minimum absolute atomic E-state index is 0.0445. The van der Waals surface area contributed by atoms with Crippen LogP contribution >= 0.6 is 23.4 Å². The largest absolute Gasteiger partial charge is 0.444 e. The number of nitrogens with zero attached hydrogens (tertiary/aromatic N) is 3. The molecule has 1 heterocycles. The highest BCUT2D eigenvalue weighted by atomic mass is 35.5. The lowest BCUT2D eigenvalue weighted by molar-refractivity contribution is -0.137. The third-order valence-electron chi connectivity index (χ3n) is 6.08. The first kappa shape index (κ1) is 31.7. The summed E-state index contributed by atoms with van der Waals surface area (Å²) in [5.41, 5.74) is 0.385. The number of sulfone groups is 1. The highest BCUT2D eigenvalue weighted by molar-refractivity contribution is 7.98. The number of hydrazine groups is 1. The number of piperidine rings is 1. The topological polar surface area (TPSA) is 103 Å². The second-order valence-electron chi connectivity index (χ2n) is 10.2. The minimum Gasteiger partial charge on any atom is -0.444 e. The number of nitriles is 1. The molecule has 0 aliphatic carbocycles. The van der Waals surface area contributed by atoms with Crippen LogP contribution in [0.4, 0.5) is 23.7 Å². The number of benzene rings is 2. The van der Waals surface area contributed by atoms with E-state index in [0.717, 1.165) is 6.07 Å². The summed E-state index contributed by atoms with van der Waals surface area (Å²) in [6.45, 7) is 5.48. The first-order chi connectivity index (χ1) is 18.6. The molecule has 1 fully saturated rings.